The van der Waals surface area contributed by atoms with E-state index in [9.17, 15) is 14.3 Å². The third-order valence-corrected chi connectivity index (χ3v) is 7.68. The number of thioether (sulfide) groups is 1. The van der Waals surface area contributed by atoms with E-state index < -0.39 is 17.4 Å². The second-order valence-electron chi connectivity index (χ2n) is 8.53. The number of halogens is 2. The van der Waals surface area contributed by atoms with Crippen molar-refractivity contribution >= 4 is 17.7 Å². The number of carbonyl (C=O) groups is 1. The Morgan fingerprint density at radius 1 is 0.941 bits per heavy atom. The number of carboxylic acid groups (broad SMARTS) is 1. The summed E-state index contributed by atoms with van der Waals surface area (Å²) < 4.78 is 29.1. The van der Waals surface area contributed by atoms with E-state index in [1.165, 1.54) is 23.9 Å². The number of likely N-dealkylation sites (N-methyl/N-ethyl adjacent to an activating group) is 1. The van der Waals surface area contributed by atoms with E-state index in [1.807, 2.05) is 50.2 Å². The van der Waals surface area contributed by atoms with E-state index in [0.29, 0.717) is 22.4 Å². The number of nitrogens with zero attached hydrogens (tertiary/aromatic N) is 1. The Bertz CT molecular complexity index is 1120. The lowest BCUT2D eigenvalue weighted by Gasteiger charge is -2.42. The minimum absolute atomic E-state index is 0.0951. The van der Waals surface area contributed by atoms with Gasteiger partial charge in [0.1, 0.15) is 17.2 Å². The summed E-state index contributed by atoms with van der Waals surface area (Å²) in [6, 6.07) is 19.0. The molecule has 0 aromatic heterocycles. The number of aliphatic carboxylic acids is 1. The van der Waals surface area contributed by atoms with Crippen molar-refractivity contribution in [2.24, 2.45) is 0 Å². The average Bonchev–Trinajstić information content (AvgIpc) is 2.83. The van der Waals surface area contributed by atoms with Crippen LogP contribution in [0.4, 0.5) is 8.78 Å². The summed E-state index contributed by atoms with van der Waals surface area (Å²) in [7, 11) is 3.45. The summed E-state index contributed by atoms with van der Waals surface area (Å²) in [6.07, 6.45) is 1.31. The van der Waals surface area contributed by atoms with Crippen LogP contribution in [0.15, 0.2) is 71.6 Å². The molecular formula is C28H31F2NO2S. The average molecular weight is 484 g/mol. The summed E-state index contributed by atoms with van der Waals surface area (Å²) >= 11 is 1.21. The SMILES string of the molecule is CCc1ccc(SCC(C(=O)O)(C(c2ccccc2)c2ccc(F)cc2)N(C)C)c(F)c1CC. The quantitative estimate of drug-likeness (QED) is 0.339. The van der Waals surface area contributed by atoms with E-state index in [4.69, 9.17) is 0 Å². The van der Waals surface area contributed by atoms with Crippen LogP contribution in [0.25, 0.3) is 0 Å². The van der Waals surface area contributed by atoms with Gasteiger partial charge in [0.05, 0.1) is 0 Å². The van der Waals surface area contributed by atoms with Gasteiger partial charge >= 0.3 is 5.97 Å². The highest BCUT2D eigenvalue weighted by Gasteiger charge is 2.49. The molecule has 0 saturated heterocycles. The lowest BCUT2D eigenvalue weighted by Crippen LogP contribution is -2.58. The predicted molar refractivity (Wildman–Crippen MR) is 135 cm³/mol. The van der Waals surface area contributed by atoms with Crippen LogP contribution >= 0.6 is 11.8 Å². The maximum Gasteiger partial charge on any atom is 0.325 e. The van der Waals surface area contributed by atoms with Crippen LogP contribution in [-0.2, 0) is 17.6 Å². The molecule has 0 aliphatic carbocycles. The molecule has 6 heteroatoms. The molecule has 2 unspecified atom stereocenters. The van der Waals surface area contributed by atoms with Gasteiger partial charge in [-0.2, -0.15) is 0 Å². The molecule has 0 radical (unpaired) electrons. The van der Waals surface area contributed by atoms with Crippen LogP contribution in [0, 0.1) is 11.6 Å². The first-order chi connectivity index (χ1) is 16.3. The van der Waals surface area contributed by atoms with Crippen LogP contribution in [0.3, 0.4) is 0 Å². The molecule has 1 N–H and O–H groups in total. The van der Waals surface area contributed by atoms with Crippen LogP contribution in [0.5, 0.6) is 0 Å². The molecule has 0 heterocycles. The largest absolute Gasteiger partial charge is 0.480 e. The number of hydrogen-bond acceptors (Lipinski definition) is 3. The maximum atomic E-state index is 15.4. The molecule has 0 aliphatic heterocycles. The molecule has 0 fully saturated rings. The van der Waals surface area contributed by atoms with Gasteiger partial charge in [0.2, 0.25) is 0 Å². The minimum Gasteiger partial charge on any atom is -0.480 e. The lowest BCUT2D eigenvalue weighted by atomic mass is 9.75. The highest BCUT2D eigenvalue weighted by Crippen LogP contribution is 2.42. The van der Waals surface area contributed by atoms with Gasteiger partial charge in [-0.05, 0) is 67.4 Å². The Balaban J connectivity index is 2.14. The van der Waals surface area contributed by atoms with Gasteiger partial charge < -0.3 is 5.11 Å². The van der Waals surface area contributed by atoms with Crippen molar-refractivity contribution in [1.82, 2.24) is 4.90 Å². The van der Waals surface area contributed by atoms with E-state index in [2.05, 4.69) is 0 Å². The Kier molecular flexibility index (Phi) is 8.50. The topological polar surface area (TPSA) is 40.5 Å². The molecule has 0 aliphatic rings. The molecule has 34 heavy (non-hydrogen) atoms. The zero-order chi connectivity index (χ0) is 24.9. The fourth-order valence-corrected chi connectivity index (χ4v) is 5.88. The normalized spacial score (nSPS) is 14.1. The van der Waals surface area contributed by atoms with Crippen LogP contribution < -0.4 is 0 Å². The highest BCUT2D eigenvalue weighted by molar-refractivity contribution is 7.99. The summed E-state index contributed by atoms with van der Waals surface area (Å²) in [6.45, 7) is 3.92. The van der Waals surface area contributed by atoms with Crippen molar-refractivity contribution in [3.05, 3.63) is 101 Å². The number of hydrogen-bond donors (Lipinski definition) is 1. The molecule has 2 atom stereocenters. The van der Waals surface area contributed by atoms with E-state index in [-0.39, 0.29) is 17.4 Å². The second-order valence-corrected chi connectivity index (χ2v) is 9.55. The van der Waals surface area contributed by atoms with Gasteiger partial charge in [0, 0.05) is 16.6 Å². The van der Waals surface area contributed by atoms with E-state index in [0.717, 1.165) is 17.5 Å². The van der Waals surface area contributed by atoms with E-state index >= 15 is 4.39 Å². The number of benzene rings is 3. The molecule has 3 aromatic rings. The smallest absolute Gasteiger partial charge is 0.325 e. The third kappa shape index (κ3) is 5.03. The van der Waals surface area contributed by atoms with Gasteiger partial charge in [0.15, 0.2) is 0 Å². The van der Waals surface area contributed by atoms with Crippen LogP contribution in [0.1, 0.15) is 42.0 Å². The monoisotopic (exact) mass is 483 g/mol. The Morgan fingerprint density at radius 2 is 1.56 bits per heavy atom. The highest BCUT2D eigenvalue weighted by atomic mass is 32.2. The van der Waals surface area contributed by atoms with Crippen molar-refractivity contribution in [2.45, 2.75) is 43.0 Å². The first-order valence-electron chi connectivity index (χ1n) is 11.4. The number of aryl methyl sites for hydroxylation is 1. The van der Waals surface area contributed by atoms with Gasteiger partial charge in [-0.1, -0.05) is 62.4 Å². The van der Waals surface area contributed by atoms with Crippen molar-refractivity contribution in [3.8, 4) is 0 Å². The zero-order valence-corrected chi connectivity index (χ0v) is 20.8. The van der Waals surface area contributed by atoms with Gasteiger partial charge in [0.25, 0.3) is 0 Å². The molecular weight excluding hydrogens is 452 g/mol. The lowest BCUT2D eigenvalue weighted by molar-refractivity contribution is -0.149. The summed E-state index contributed by atoms with van der Waals surface area (Å²) in [5.41, 5.74) is 1.69. The molecule has 0 bridgehead atoms. The van der Waals surface area contributed by atoms with Crippen LogP contribution in [-0.4, -0.2) is 41.4 Å². The van der Waals surface area contributed by atoms with Crippen molar-refractivity contribution in [1.29, 1.82) is 0 Å². The van der Waals surface area contributed by atoms with Gasteiger partial charge in [-0.3, -0.25) is 9.69 Å². The number of carboxylic acids is 1. The third-order valence-electron chi connectivity index (χ3n) is 6.47. The summed E-state index contributed by atoms with van der Waals surface area (Å²) in [4.78, 5) is 15.1. The molecule has 3 aromatic carbocycles. The Morgan fingerprint density at radius 3 is 2.09 bits per heavy atom. The second kappa shape index (κ2) is 11.2. The van der Waals surface area contributed by atoms with Crippen molar-refractivity contribution < 1.29 is 18.7 Å². The van der Waals surface area contributed by atoms with E-state index in [1.54, 1.807) is 37.2 Å². The van der Waals surface area contributed by atoms with Crippen molar-refractivity contribution in [2.75, 3.05) is 19.8 Å². The Labute approximate surface area is 204 Å². The molecule has 0 saturated carbocycles. The molecule has 0 spiro atoms. The van der Waals surface area contributed by atoms with Gasteiger partial charge in [-0.25, -0.2) is 8.78 Å². The predicted octanol–water partition coefficient (Wildman–Crippen LogP) is 6.40. The number of rotatable bonds is 10. The fraction of sp³-hybridized carbons (Fsp3) is 0.321. The molecule has 3 nitrogen and oxygen atoms in total. The summed E-state index contributed by atoms with van der Waals surface area (Å²) in [5, 5.41) is 10.6. The van der Waals surface area contributed by atoms with Gasteiger partial charge in [-0.15, -0.1) is 11.8 Å². The fourth-order valence-electron chi connectivity index (χ4n) is 4.54. The molecule has 3 rings (SSSR count). The maximum absolute atomic E-state index is 15.4. The zero-order valence-electron chi connectivity index (χ0n) is 20.0. The summed E-state index contributed by atoms with van der Waals surface area (Å²) in [5.74, 6) is -2.20. The van der Waals surface area contributed by atoms with Crippen LogP contribution in [0.2, 0.25) is 0 Å². The molecule has 180 valence electrons. The minimum atomic E-state index is -1.42. The first-order valence-corrected chi connectivity index (χ1v) is 12.4. The van der Waals surface area contributed by atoms with Crippen molar-refractivity contribution in [3.63, 3.8) is 0 Å². The first kappa shape index (κ1) is 25.9. The molecule has 0 amide bonds. The standard InChI is InChI=1S/C28H31F2NO2S/c1-5-19-14-17-24(26(30)23(19)6-2)34-18-28(27(32)33,31(3)4)25(20-10-8-7-9-11-20)21-12-15-22(29)16-13-21/h7-17,25H,5-6,18H2,1-4H3,(H,32,33). The Hall–Kier alpha value is -2.70.